The summed E-state index contributed by atoms with van der Waals surface area (Å²) in [6.07, 6.45) is 5.64. The van der Waals surface area contributed by atoms with Crippen LogP contribution in [0.3, 0.4) is 0 Å². The second-order valence-corrected chi connectivity index (χ2v) is 7.58. The second-order valence-electron chi connectivity index (χ2n) is 7.58. The van der Waals surface area contributed by atoms with Gasteiger partial charge in [0.25, 0.3) is 0 Å². The van der Waals surface area contributed by atoms with Crippen molar-refractivity contribution in [1.29, 1.82) is 0 Å². The standard InChI is InChI=1S/C21H24N8.ClH/c1-14(2)29-20-16(12-25-29)4-3-15-11-24-21(27-19(15)20)26-18-6-5-17(13-23-18)28-9-7-22-8-10-28;/h3-6,11-14,22H,7-10H2,1-2H3,(H,23,24,26,27);1H. The first-order chi connectivity index (χ1) is 14.2. The predicted molar refractivity (Wildman–Crippen MR) is 123 cm³/mol. The molecular formula is C21H25ClN8. The van der Waals surface area contributed by atoms with Crippen LogP contribution in [0, 0.1) is 0 Å². The molecule has 0 spiro atoms. The molecular weight excluding hydrogens is 400 g/mol. The number of anilines is 3. The summed E-state index contributed by atoms with van der Waals surface area (Å²) in [5.41, 5.74) is 3.06. The van der Waals surface area contributed by atoms with Gasteiger partial charge in [0, 0.05) is 49.2 Å². The lowest BCUT2D eigenvalue weighted by atomic mass is 10.2. The quantitative estimate of drug-likeness (QED) is 0.518. The van der Waals surface area contributed by atoms with Crippen LogP contribution in [-0.2, 0) is 0 Å². The zero-order valence-corrected chi connectivity index (χ0v) is 17.9. The molecule has 4 heterocycles. The number of rotatable bonds is 4. The molecule has 0 atom stereocenters. The van der Waals surface area contributed by atoms with E-state index in [0.29, 0.717) is 5.95 Å². The Balaban J connectivity index is 0.00000218. The van der Waals surface area contributed by atoms with Gasteiger partial charge in [0.2, 0.25) is 5.95 Å². The van der Waals surface area contributed by atoms with Gasteiger partial charge in [0.05, 0.1) is 23.6 Å². The van der Waals surface area contributed by atoms with Gasteiger partial charge >= 0.3 is 0 Å². The van der Waals surface area contributed by atoms with Gasteiger partial charge in [-0.25, -0.2) is 15.0 Å². The minimum Gasteiger partial charge on any atom is -0.368 e. The third-order valence-electron chi connectivity index (χ3n) is 5.27. The number of fused-ring (bicyclic) bond motifs is 3. The molecule has 30 heavy (non-hydrogen) atoms. The third-order valence-corrected chi connectivity index (χ3v) is 5.27. The number of hydrogen-bond acceptors (Lipinski definition) is 7. The summed E-state index contributed by atoms with van der Waals surface area (Å²) in [5.74, 6) is 1.26. The molecule has 1 aliphatic heterocycles. The molecule has 0 aliphatic carbocycles. The van der Waals surface area contributed by atoms with E-state index in [0.717, 1.165) is 59.5 Å². The third kappa shape index (κ3) is 3.76. The van der Waals surface area contributed by atoms with Crippen LogP contribution in [0.15, 0.2) is 42.9 Å². The highest BCUT2D eigenvalue weighted by Gasteiger charge is 2.13. The lowest BCUT2D eigenvalue weighted by Crippen LogP contribution is -2.43. The summed E-state index contributed by atoms with van der Waals surface area (Å²) < 4.78 is 2.01. The highest BCUT2D eigenvalue weighted by atomic mass is 35.5. The number of benzene rings is 1. The van der Waals surface area contributed by atoms with Gasteiger partial charge in [0.1, 0.15) is 11.3 Å². The van der Waals surface area contributed by atoms with Gasteiger partial charge in [-0.15, -0.1) is 12.4 Å². The average molecular weight is 425 g/mol. The van der Waals surface area contributed by atoms with Crippen molar-refractivity contribution in [3.8, 4) is 0 Å². The molecule has 0 saturated carbocycles. The minimum atomic E-state index is 0. The fourth-order valence-electron chi connectivity index (χ4n) is 3.76. The Bertz CT molecular complexity index is 1150. The van der Waals surface area contributed by atoms with Crippen LogP contribution in [0.25, 0.3) is 21.8 Å². The Labute approximate surface area is 181 Å². The Morgan fingerprint density at radius 3 is 2.50 bits per heavy atom. The number of nitrogens with one attached hydrogen (secondary N) is 2. The van der Waals surface area contributed by atoms with Gasteiger partial charge < -0.3 is 15.5 Å². The zero-order chi connectivity index (χ0) is 19.8. The monoisotopic (exact) mass is 424 g/mol. The van der Waals surface area contributed by atoms with E-state index in [2.05, 4.69) is 56.6 Å². The van der Waals surface area contributed by atoms with E-state index in [-0.39, 0.29) is 18.4 Å². The molecule has 3 aromatic heterocycles. The van der Waals surface area contributed by atoms with Gasteiger partial charge in [-0.1, -0.05) is 12.1 Å². The number of aromatic nitrogens is 5. The van der Waals surface area contributed by atoms with Crippen molar-refractivity contribution in [3.63, 3.8) is 0 Å². The van der Waals surface area contributed by atoms with Crippen molar-refractivity contribution in [2.24, 2.45) is 0 Å². The smallest absolute Gasteiger partial charge is 0.228 e. The van der Waals surface area contributed by atoms with Gasteiger partial charge in [0.15, 0.2) is 0 Å². The summed E-state index contributed by atoms with van der Waals surface area (Å²) in [5, 5.41) is 13.2. The first-order valence-electron chi connectivity index (χ1n) is 10.0. The lowest BCUT2D eigenvalue weighted by Gasteiger charge is -2.29. The molecule has 2 N–H and O–H groups in total. The molecule has 1 aliphatic rings. The van der Waals surface area contributed by atoms with Crippen molar-refractivity contribution in [1.82, 2.24) is 30.0 Å². The van der Waals surface area contributed by atoms with E-state index in [1.807, 2.05) is 35.4 Å². The summed E-state index contributed by atoms with van der Waals surface area (Å²) in [7, 11) is 0. The molecule has 0 amide bonds. The molecule has 1 saturated heterocycles. The van der Waals surface area contributed by atoms with Crippen molar-refractivity contribution >= 4 is 51.7 Å². The largest absolute Gasteiger partial charge is 0.368 e. The Morgan fingerprint density at radius 2 is 1.77 bits per heavy atom. The molecule has 5 rings (SSSR count). The molecule has 0 bridgehead atoms. The van der Waals surface area contributed by atoms with Crippen LogP contribution >= 0.6 is 12.4 Å². The molecule has 156 valence electrons. The first-order valence-corrected chi connectivity index (χ1v) is 10.0. The normalized spacial score (nSPS) is 14.3. The fraction of sp³-hybridized carbons (Fsp3) is 0.333. The Hall–Kier alpha value is -2.97. The topological polar surface area (TPSA) is 83.8 Å². The number of halogens is 1. The van der Waals surface area contributed by atoms with E-state index in [1.54, 1.807) is 0 Å². The van der Waals surface area contributed by atoms with Crippen LogP contribution in [-0.4, -0.2) is 50.9 Å². The maximum absolute atomic E-state index is 4.78. The molecule has 0 radical (unpaired) electrons. The molecule has 4 aromatic rings. The number of nitrogens with zero attached hydrogens (tertiary/aromatic N) is 6. The highest BCUT2D eigenvalue weighted by Crippen LogP contribution is 2.27. The maximum atomic E-state index is 4.78. The second kappa shape index (κ2) is 8.41. The highest BCUT2D eigenvalue weighted by molar-refractivity contribution is 6.03. The molecule has 9 heteroatoms. The van der Waals surface area contributed by atoms with Crippen LogP contribution in [0.5, 0.6) is 0 Å². The van der Waals surface area contributed by atoms with Crippen molar-refractivity contribution in [3.05, 3.63) is 42.9 Å². The number of hydrogen-bond donors (Lipinski definition) is 2. The van der Waals surface area contributed by atoms with Gasteiger partial charge in [-0.3, -0.25) is 4.68 Å². The number of pyridine rings is 1. The van der Waals surface area contributed by atoms with E-state index >= 15 is 0 Å². The first kappa shape index (κ1) is 20.3. The summed E-state index contributed by atoms with van der Waals surface area (Å²) >= 11 is 0. The zero-order valence-electron chi connectivity index (χ0n) is 17.0. The van der Waals surface area contributed by atoms with Crippen LogP contribution in [0.1, 0.15) is 19.9 Å². The minimum absolute atomic E-state index is 0. The predicted octanol–water partition coefficient (Wildman–Crippen LogP) is 3.53. The van der Waals surface area contributed by atoms with Crippen LogP contribution < -0.4 is 15.5 Å². The van der Waals surface area contributed by atoms with Crippen molar-refractivity contribution in [2.75, 3.05) is 36.4 Å². The van der Waals surface area contributed by atoms with Gasteiger partial charge in [-0.2, -0.15) is 5.10 Å². The Morgan fingerprint density at radius 1 is 0.967 bits per heavy atom. The van der Waals surface area contributed by atoms with Crippen molar-refractivity contribution < 1.29 is 0 Å². The number of piperazine rings is 1. The fourth-order valence-corrected chi connectivity index (χ4v) is 3.76. The SMILES string of the molecule is CC(C)n1ncc2ccc3cnc(Nc4ccc(N5CCNCC5)cn4)nc3c21.Cl. The van der Waals surface area contributed by atoms with Crippen LogP contribution in [0.2, 0.25) is 0 Å². The lowest BCUT2D eigenvalue weighted by molar-refractivity contribution is 0.552. The Kier molecular flexibility index (Phi) is 5.69. The summed E-state index contributed by atoms with van der Waals surface area (Å²) in [4.78, 5) is 16.1. The molecule has 0 unspecified atom stereocenters. The van der Waals surface area contributed by atoms with Crippen LogP contribution in [0.4, 0.5) is 17.5 Å². The summed E-state index contributed by atoms with van der Waals surface area (Å²) in [6.45, 7) is 8.26. The average Bonchev–Trinajstić information content (AvgIpc) is 3.20. The van der Waals surface area contributed by atoms with E-state index < -0.39 is 0 Å². The van der Waals surface area contributed by atoms with E-state index in [1.165, 1.54) is 0 Å². The molecule has 1 fully saturated rings. The summed E-state index contributed by atoms with van der Waals surface area (Å²) in [6, 6.07) is 8.42. The van der Waals surface area contributed by atoms with Crippen molar-refractivity contribution in [2.45, 2.75) is 19.9 Å². The van der Waals surface area contributed by atoms with Gasteiger partial charge in [-0.05, 0) is 26.0 Å². The van der Waals surface area contributed by atoms with E-state index in [4.69, 9.17) is 4.98 Å². The maximum Gasteiger partial charge on any atom is 0.228 e. The molecule has 8 nitrogen and oxygen atoms in total. The molecule has 1 aromatic carbocycles. The van der Waals surface area contributed by atoms with E-state index in [9.17, 15) is 0 Å².